The Balaban J connectivity index is 1.53. The summed E-state index contributed by atoms with van der Waals surface area (Å²) in [4.78, 5) is 17.8. The second kappa shape index (κ2) is 7.97. The summed E-state index contributed by atoms with van der Waals surface area (Å²) < 4.78 is 9.64. The third kappa shape index (κ3) is 3.31. The second-order valence-electron chi connectivity index (χ2n) is 7.81. The van der Waals surface area contributed by atoms with Crippen molar-refractivity contribution in [2.24, 2.45) is 7.05 Å². The molecule has 0 fully saturated rings. The van der Waals surface area contributed by atoms with Gasteiger partial charge in [-0.15, -0.1) is 6.42 Å². The van der Waals surface area contributed by atoms with Gasteiger partial charge in [0.25, 0.3) is 0 Å². The fourth-order valence-corrected chi connectivity index (χ4v) is 4.04. The highest BCUT2D eigenvalue weighted by Crippen LogP contribution is 2.33. The number of rotatable bonds is 1. The van der Waals surface area contributed by atoms with Crippen LogP contribution in [0.25, 0.3) is 33.5 Å². The molecule has 4 bridgehead atoms. The van der Waals surface area contributed by atoms with Gasteiger partial charge in [0.05, 0.1) is 18.3 Å². The summed E-state index contributed by atoms with van der Waals surface area (Å²) in [5.41, 5.74) is 3.29. The highest BCUT2D eigenvalue weighted by Gasteiger charge is 2.21. The number of anilines is 2. The summed E-state index contributed by atoms with van der Waals surface area (Å²) in [6, 6.07) is 7.22. The molecule has 0 radical (unpaired) electrons. The van der Waals surface area contributed by atoms with Crippen molar-refractivity contribution in [3.63, 3.8) is 0 Å². The third-order valence-corrected chi connectivity index (χ3v) is 5.70. The lowest BCUT2D eigenvalue weighted by Crippen LogP contribution is -2.14. The van der Waals surface area contributed by atoms with Crippen LogP contribution in [0.4, 0.5) is 11.6 Å². The number of hydrogen-bond donors (Lipinski definition) is 1. The largest absolute Gasteiger partial charge is 0.477 e. The van der Waals surface area contributed by atoms with E-state index in [1.807, 2.05) is 29.9 Å². The molecule has 0 aromatic carbocycles. The maximum Gasteiger partial charge on any atom is 0.222 e. The van der Waals surface area contributed by atoms with Crippen LogP contribution in [0.5, 0.6) is 5.88 Å². The first kappa shape index (κ1) is 19.9. The fraction of sp³-hybridized carbons (Fsp3) is 0.167. The monoisotopic (exact) mass is 449 g/mol. The van der Waals surface area contributed by atoms with Gasteiger partial charge >= 0.3 is 0 Å². The van der Waals surface area contributed by atoms with E-state index in [0.717, 1.165) is 22.2 Å². The molecule has 0 aliphatic carbocycles. The number of hydrogen-bond acceptors (Lipinski definition) is 8. The van der Waals surface area contributed by atoms with Gasteiger partial charge in [0.15, 0.2) is 5.82 Å². The highest BCUT2D eigenvalue weighted by molar-refractivity contribution is 5.94. The van der Waals surface area contributed by atoms with Gasteiger partial charge in [0.1, 0.15) is 28.9 Å². The first-order valence-electron chi connectivity index (χ1n) is 10.7. The van der Waals surface area contributed by atoms with Crippen molar-refractivity contribution >= 4 is 22.5 Å². The first-order valence-corrected chi connectivity index (χ1v) is 10.7. The standard InChI is InChI=1S/C24H19N9O/c1-3-16-7-11-34-24-18(14-28-32(24)2)23-26-10-6-20(30-23)29-21-12-19-17(13-27-21)22(31-33(16)19)15-4-8-25-9-5-15/h1,4-6,8-10,12-14,16H,7,11H2,2H3,(H,26,27,29,30)/t16-/m0/s1. The van der Waals surface area contributed by atoms with Crippen molar-refractivity contribution in [3.05, 3.63) is 55.2 Å². The lowest BCUT2D eigenvalue weighted by atomic mass is 10.1. The van der Waals surface area contributed by atoms with Crippen LogP contribution in [0.2, 0.25) is 0 Å². The van der Waals surface area contributed by atoms with Crippen molar-refractivity contribution in [1.82, 2.24) is 39.5 Å². The van der Waals surface area contributed by atoms with Crippen LogP contribution >= 0.6 is 0 Å². The molecule has 0 saturated carbocycles. The van der Waals surface area contributed by atoms with E-state index in [2.05, 4.69) is 36.3 Å². The van der Waals surface area contributed by atoms with Crippen molar-refractivity contribution in [2.45, 2.75) is 12.5 Å². The van der Waals surface area contributed by atoms with Gasteiger partial charge in [-0.3, -0.25) is 4.98 Å². The Morgan fingerprint density at radius 1 is 1.12 bits per heavy atom. The minimum Gasteiger partial charge on any atom is -0.477 e. The molecule has 10 heteroatoms. The van der Waals surface area contributed by atoms with Crippen LogP contribution in [0.3, 0.4) is 0 Å². The van der Waals surface area contributed by atoms with Crippen LogP contribution in [0, 0.1) is 12.3 Å². The number of terminal acetylenes is 1. The molecule has 34 heavy (non-hydrogen) atoms. The molecule has 6 heterocycles. The Bertz CT molecular complexity index is 1550. The maximum atomic E-state index is 6.12. The number of aromatic nitrogens is 8. The van der Waals surface area contributed by atoms with Gasteiger partial charge in [0, 0.05) is 55.3 Å². The van der Waals surface area contributed by atoms with Gasteiger partial charge < -0.3 is 10.1 Å². The summed E-state index contributed by atoms with van der Waals surface area (Å²) in [6.07, 6.45) is 15.2. The normalized spacial score (nSPS) is 15.1. The highest BCUT2D eigenvalue weighted by atomic mass is 16.5. The van der Waals surface area contributed by atoms with E-state index < -0.39 is 0 Å². The van der Waals surface area contributed by atoms with Gasteiger partial charge in [0.2, 0.25) is 5.88 Å². The summed E-state index contributed by atoms with van der Waals surface area (Å²) in [5.74, 6) is 5.17. The minimum absolute atomic E-state index is 0.331. The average molecular weight is 449 g/mol. The SMILES string of the molecule is C#C[C@H]1CCOc2c(cnn2C)-c2nccc(n2)Nc2cc3c(cn2)c(-c2ccncc2)nn31. The zero-order valence-corrected chi connectivity index (χ0v) is 18.3. The van der Waals surface area contributed by atoms with Crippen molar-refractivity contribution in [2.75, 3.05) is 11.9 Å². The summed E-state index contributed by atoms with van der Waals surface area (Å²) in [7, 11) is 1.81. The Hall–Kier alpha value is -4.78. The van der Waals surface area contributed by atoms with Crippen molar-refractivity contribution < 1.29 is 4.74 Å². The van der Waals surface area contributed by atoms with E-state index in [4.69, 9.17) is 16.3 Å². The summed E-state index contributed by atoms with van der Waals surface area (Å²) in [5, 5.41) is 13.4. The second-order valence-corrected chi connectivity index (χ2v) is 7.81. The third-order valence-electron chi connectivity index (χ3n) is 5.70. The molecule has 1 aliphatic rings. The molecule has 0 spiro atoms. The lowest BCUT2D eigenvalue weighted by molar-refractivity contribution is 0.269. The topological polar surface area (TPSA) is 108 Å². The quantitative estimate of drug-likeness (QED) is 0.388. The molecule has 0 unspecified atom stereocenters. The number of ether oxygens (including phenoxy) is 1. The Labute approximate surface area is 194 Å². The first-order chi connectivity index (χ1) is 16.7. The molecular weight excluding hydrogens is 430 g/mol. The number of nitrogens with one attached hydrogen (secondary N) is 1. The lowest BCUT2D eigenvalue weighted by Gasteiger charge is -2.15. The maximum absolute atomic E-state index is 6.12. The van der Waals surface area contributed by atoms with Crippen LogP contribution in [0.15, 0.2) is 55.2 Å². The number of fused-ring (bicyclic) bond motifs is 5. The predicted octanol–water partition coefficient (Wildman–Crippen LogP) is 3.38. The predicted molar refractivity (Wildman–Crippen MR) is 126 cm³/mol. The van der Waals surface area contributed by atoms with E-state index in [1.54, 1.807) is 41.7 Å². The smallest absolute Gasteiger partial charge is 0.222 e. The van der Waals surface area contributed by atoms with Gasteiger partial charge in [-0.1, -0.05) is 5.92 Å². The van der Waals surface area contributed by atoms with E-state index in [0.29, 0.717) is 41.9 Å². The van der Waals surface area contributed by atoms with Crippen LogP contribution in [-0.4, -0.2) is 46.1 Å². The van der Waals surface area contributed by atoms with Crippen LogP contribution in [0.1, 0.15) is 12.5 Å². The van der Waals surface area contributed by atoms with Crippen molar-refractivity contribution in [1.29, 1.82) is 0 Å². The van der Waals surface area contributed by atoms with Crippen LogP contribution < -0.4 is 10.1 Å². The van der Waals surface area contributed by atoms with Crippen LogP contribution in [-0.2, 0) is 7.05 Å². The van der Waals surface area contributed by atoms with E-state index >= 15 is 0 Å². The van der Waals surface area contributed by atoms with E-state index in [-0.39, 0.29) is 6.04 Å². The molecule has 5 aromatic rings. The minimum atomic E-state index is -0.331. The molecule has 5 aromatic heterocycles. The zero-order chi connectivity index (χ0) is 23.1. The summed E-state index contributed by atoms with van der Waals surface area (Å²) in [6.45, 7) is 0.364. The molecule has 1 aliphatic heterocycles. The zero-order valence-electron chi connectivity index (χ0n) is 18.3. The summed E-state index contributed by atoms with van der Waals surface area (Å²) >= 11 is 0. The Morgan fingerprint density at radius 3 is 2.85 bits per heavy atom. The molecule has 166 valence electrons. The number of nitrogens with zero attached hydrogens (tertiary/aromatic N) is 8. The Kier molecular flexibility index (Phi) is 4.66. The van der Waals surface area contributed by atoms with E-state index in [9.17, 15) is 0 Å². The average Bonchev–Trinajstić information content (AvgIpc) is 3.42. The van der Waals surface area contributed by atoms with Gasteiger partial charge in [-0.05, 0) is 18.2 Å². The van der Waals surface area contributed by atoms with Gasteiger partial charge in [-0.2, -0.15) is 10.2 Å². The molecule has 1 N–H and O–H groups in total. The molecule has 6 rings (SSSR count). The fourth-order valence-electron chi connectivity index (χ4n) is 4.04. The van der Waals surface area contributed by atoms with Crippen molar-refractivity contribution in [3.8, 4) is 40.9 Å². The Morgan fingerprint density at radius 2 is 2.00 bits per heavy atom. The molecular formula is C24H19N9O. The number of aryl methyl sites for hydroxylation is 1. The molecule has 10 nitrogen and oxygen atoms in total. The molecule has 1 atom stereocenters. The van der Waals surface area contributed by atoms with E-state index in [1.165, 1.54) is 0 Å². The van der Waals surface area contributed by atoms with Gasteiger partial charge in [-0.25, -0.2) is 24.3 Å². The molecule has 0 amide bonds. The molecule has 0 saturated heterocycles. The number of pyridine rings is 2.